The van der Waals surface area contributed by atoms with Crippen LogP contribution in [-0.2, 0) is 6.42 Å². The van der Waals surface area contributed by atoms with Crippen molar-refractivity contribution in [1.29, 1.82) is 0 Å². The van der Waals surface area contributed by atoms with Crippen LogP contribution in [0.3, 0.4) is 0 Å². The molecule has 1 heterocycles. The molecule has 0 fully saturated rings. The Bertz CT molecular complexity index is 911. The van der Waals surface area contributed by atoms with Gasteiger partial charge in [-0.3, -0.25) is 14.8 Å². The number of likely N-dealkylation sites (N-methyl/N-ethyl adjacent to an activating group) is 1. The highest BCUT2D eigenvalue weighted by Crippen LogP contribution is 2.08. The molecule has 0 saturated heterocycles. The third-order valence-corrected chi connectivity index (χ3v) is 3.93. The molecule has 6 nitrogen and oxygen atoms in total. The number of rotatable bonds is 6. The molecular formula is C22H24N4O2. The maximum absolute atomic E-state index is 12.7. The molecule has 0 aliphatic heterocycles. The highest BCUT2D eigenvalue weighted by atomic mass is 16.3. The molecule has 6 heteroatoms. The lowest BCUT2D eigenvalue weighted by molar-refractivity contribution is 0.0681. The molecule has 2 aromatic rings. The van der Waals surface area contributed by atoms with Crippen molar-refractivity contribution in [2.45, 2.75) is 12.5 Å². The fraction of sp³-hybridized carbons (Fsp3) is 0.227. The van der Waals surface area contributed by atoms with Gasteiger partial charge in [0.2, 0.25) is 0 Å². The van der Waals surface area contributed by atoms with E-state index in [1.165, 1.54) is 17.3 Å². The van der Waals surface area contributed by atoms with Crippen molar-refractivity contribution in [3.63, 3.8) is 0 Å². The lowest BCUT2D eigenvalue weighted by Crippen LogP contribution is -2.35. The third-order valence-electron chi connectivity index (χ3n) is 3.93. The van der Waals surface area contributed by atoms with Gasteiger partial charge < -0.3 is 15.7 Å². The zero-order valence-electron chi connectivity index (χ0n) is 16.0. The fourth-order valence-electron chi connectivity index (χ4n) is 2.60. The summed E-state index contributed by atoms with van der Waals surface area (Å²) in [5.41, 5.74) is 8.08. The number of hydrogen-bond acceptors (Lipinski definition) is 5. The van der Waals surface area contributed by atoms with Gasteiger partial charge in [-0.1, -0.05) is 42.2 Å². The summed E-state index contributed by atoms with van der Waals surface area (Å²) >= 11 is 0. The quantitative estimate of drug-likeness (QED) is 0.592. The molecule has 1 aromatic carbocycles. The Morgan fingerprint density at radius 3 is 2.79 bits per heavy atom. The summed E-state index contributed by atoms with van der Waals surface area (Å²) < 4.78 is 0. The van der Waals surface area contributed by atoms with Gasteiger partial charge in [0.05, 0.1) is 17.2 Å². The van der Waals surface area contributed by atoms with E-state index in [1.54, 1.807) is 32.6 Å². The first kappa shape index (κ1) is 20.9. The van der Waals surface area contributed by atoms with Gasteiger partial charge in [-0.25, -0.2) is 0 Å². The van der Waals surface area contributed by atoms with Crippen molar-refractivity contribution in [2.75, 3.05) is 20.6 Å². The van der Waals surface area contributed by atoms with Gasteiger partial charge in [-0.2, -0.15) is 0 Å². The van der Waals surface area contributed by atoms with Gasteiger partial charge in [0.25, 0.3) is 5.91 Å². The molecule has 3 N–H and O–H groups in total. The standard InChI is InChI=1S/C22H24N4O2/c1-24-13-19(12-23)9-8-18-10-20(15-25-14-18)22(28)26(2)16-21(27)11-17-6-4-3-5-7-17/h3-7,10,12-15,21,27H,11,16,23H2,1-2H3. The normalized spacial score (nSPS) is 12.3. The average Bonchev–Trinajstić information content (AvgIpc) is 2.71. The van der Waals surface area contributed by atoms with Gasteiger partial charge in [0.15, 0.2) is 0 Å². The van der Waals surface area contributed by atoms with E-state index in [0.717, 1.165) is 5.56 Å². The number of carbonyl (C=O) groups excluding carboxylic acids is 1. The van der Waals surface area contributed by atoms with Gasteiger partial charge in [0.1, 0.15) is 0 Å². The maximum atomic E-state index is 12.7. The van der Waals surface area contributed by atoms with Crippen molar-refractivity contribution >= 4 is 12.1 Å². The number of amides is 1. The first-order chi connectivity index (χ1) is 13.5. The summed E-state index contributed by atoms with van der Waals surface area (Å²) in [6, 6.07) is 11.3. The maximum Gasteiger partial charge on any atom is 0.255 e. The summed E-state index contributed by atoms with van der Waals surface area (Å²) in [4.78, 5) is 22.1. The second kappa shape index (κ2) is 10.7. The first-order valence-electron chi connectivity index (χ1n) is 8.82. The summed E-state index contributed by atoms with van der Waals surface area (Å²) in [6.45, 7) is 0.219. The SMILES string of the molecule is CN=CC(C#Cc1cncc(C(=O)N(C)CC(O)Cc2ccccc2)c1)=CN. The van der Waals surface area contributed by atoms with E-state index in [2.05, 4.69) is 21.8 Å². The van der Waals surface area contributed by atoms with Crippen LogP contribution in [0.4, 0.5) is 0 Å². The van der Waals surface area contributed by atoms with Crippen molar-refractivity contribution < 1.29 is 9.90 Å². The van der Waals surface area contributed by atoms with Crippen LogP contribution in [0.25, 0.3) is 0 Å². The number of nitrogens with zero attached hydrogens (tertiary/aromatic N) is 3. The largest absolute Gasteiger partial charge is 0.404 e. The van der Waals surface area contributed by atoms with E-state index in [-0.39, 0.29) is 12.5 Å². The molecule has 0 aliphatic carbocycles. The predicted molar refractivity (Wildman–Crippen MR) is 111 cm³/mol. The van der Waals surface area contributed by atoms with Gasteiger partial charge in [-0.05, 0) is 11.6 Å². The molecule has 2 rings (SSSR count). The van der Waals surface area contributed by atoms with Gasteiger partial charge >= 0.3 is 0 Å². The first-order valence-corrected chi connectivity index (χ1v) is 8.82. The minimum absolute atomic E-state index is 0.219. The topological polar surface area (TPSA) is 91.8 Å². The number of nitrogens with two attached hydrogens (primary N) is 1. The second-order valence-electron chi connectivity index (χ2n) is 6.25. The van der Waals surface area contributed by atoms with Crippen LogP contribution in [0.2, 0.25) is 0 Å². The average molecular weight is 376 g/mol. The van der Waals surface area contributed by atoms with Crippen molar-refractivity contribution in [3.05, 3.63) is 77.3 Å². The molecule has 1 amide bonds. The highest BCUT2D eigenvalue weighted by Gasteiger charge is 2.16. The van der Waals surface area contributed by atoms with Gasteiger partial charge in [0, 0.05) is 57.4 Å². The summed E-state index contributed by atoms with van der Waals surface area (Å²) in [7, 11) is 3.29. The number of hydrogen-bond donors (Lipinski definition) is 2. The second-order valence-corrected chi connectivity index (χ2v) is 6.25. The summed E-state index contributed by atoms with van der Waals surface area (Å²) in [6.07, 6.45) is 5.81. The highest BCUT2D eigenvalue weighted by molar-refractivity contribution is 5.94. The molecule has 0 aliphatic rings. The number of aliphatic imine (C=N–C) groups is 1. The van der Waals surface area contributed by atoms with E-state index in [1.807, 2.05) is 30.3 Å². The fourth-order valence-corrected chi connectivity index (χ4v) is 2.60. The number of pyridine rings is 1. The smallest absolute Gasteiger partial charge is 0.255 e. The van der Waals surface area contributed by atoms with Crippen molar-refractivity contribution in [3.8, 4) is 11.8 Å². The number of benzene rings is 1. The Hall–Kier alpha value is -3.43. The Morgan fingerprint density at radius 1 is 1.36 bits per heavy atom. The van der Waals surface area contributed by atoms with E-state index in [0.29, 0.717) is 23.1 Å². The summed E-state index contributed by atoms with van der Waals surface area (Å²) in [5.74, 6) is 5.56. The zero-order chi connectivity index (χ0) is 20.4. The van der Waals surface area contributed by atoms with Crippen LogP contribution in [0.1, 0.15) is 21.5 Å². The lowest BCUT2D eigenvalue weighted by Gasteiger charge is -2.21. The number of carbonyl (C=O) groups is 1. The third kappa shape index (κ3) is 6.38. The molecule has 0 bridgehead atoms. The van der Waals surface area contributed by atoms with Crippen molar-refractivity contribution in [2.24, 2.45) is 10.7 Å². The molecule has 1 aromatic heterocycles. The van der Waals surface area contributed by atoms with Crippen molar-refractivity contribution in [1.82, 2.24) is 9.88 Å². The predicted octanol–water partition coefficient (Wildman–Crippen LogP) is 1.65. The number of aliphatic hydroxyl groups excluding tert-OH is 1. The van der Waals surface area contributed by atoms with Crippen LogP contribution in [-0.4, -0.2) is 53.9 Å². The van der Waals surface area contributed by atoms with Crippen LogP contribution in [0.5, 0.6) is 0 Å². The number of allylic oxidation sites excluding steroid dienone is 1. The molecule has 1 unspecified atom stereocenters. The monoisotopic (exact) mass is 376 g/mol. The van der Waals surface area contributed by atoms with E-state index in [4.69, 9.17) is 5.73 Å². The zero-order valence-corrected chi connectivity index (χ0v) is 16.0. The minimum Gasteiger partial charge on any atom is -0.404 e. The van der Waals surface area contributed by atoms with E-state index < -0.39 is 6.10 Å². The Labute approximate surface area is 165 Å². The number of aromatic nitrogens is 1. The lowest BCUT2D eigenvalue weighted by atomic mass is 10.1. The van der Waals surface area contributed by atoms with Crippen LogP contribution in [0.15, 0.2) is 65.6 Å². The molecule has 0 spiro atoms. The minimum atomic E-state index is -0.655. The van der Waals surface area contributed by atoms with Gasteiger partial charge in [-0.15, -0.1) is 0 Å². The van der Waals surface area contributed by atoms with E-state index in [9.17, 15) is 9.90 Å². The molecule has 0 saturated carbocycles. The summed E-state index contributed by atoms with van der Waals surface area (Å²) in [5, 5.41) is 10.3. The van der Waals surface area contributed by atoms with Crippen LogP contribution >= 0.6 is 0 Å². The van der Waals surface area contributed by atoms with Crippen LogP contribution in [0, 0.1) is 11.8 Å². The molecule has 0 radical (unpaired) electrons. The molecule has 1 atom stereocenters. The Morgan fingerprint density at radius 2 is 2.11 bits per heavy atom. The Kier molecular flexibility index (Phi) is 7.94. The molecular weight excluding hydrogens is 352 g/mol. The molecule has 28 heavy (non-hydrogen) atoms. The number of aliphatic hydroxyl groups is 1. The van der Waals surface area contributed by atoms with Crippen LogP contribution < -0.4 is 5.73 Å². The molecule has 144 valence electrons. The van der Waals surface area contributed by atoms with E-state index >= 15 is 0 Å². The Balaban J connectivity index is 2.04.